The van der Waals surface area contributed by atoms with Crippen molar-refractivity contribution in [3.8, 4) is 0 Å². The van der Waals surface area contributed by atoms with Gasteiger partial charge in [-0.25, -0.2) is 0 Å². The van der Waals surface area contributed by atoms with Gasteiger partial charge in [-0.3, -0.25) is 4.72 Å². The van der Waals surface area contributed by atoms with Gasteiger partial charge in [0.1, 0.15) is 0 Å². The smallest absolute Gasteiger partial charge is 0.0228 e. The Kier molecular flexibility index (Phi) is 6.53. The highest BCUT2D eigenvalue weighted by molar-refractivity contribution is 7.97. The van der Waals surface area contributed by atoms with Crippen LogP contribution in [0.25, 0.3) is 0 Å². The highest BCUT2D eigenvalue weighted by Gasteiger charge is 1.93. The quantitative estimate of drug-likeness (QED) is 0.550. The van der Waals surface area contributed by atoms with Crippen molar-refractivity contribution in [1.29, 1.82) is 0 Å². The van der Waals surface area contributed by atoms with Crippen molar-refractivity contribution in [1.82, 2.24) is 4.72 Å². The van der Waals surface area contributed by atoms with Gasteiger partial charge in [0.25, 0.3) is 0 Å². The van der Waals surface area contributed by atoms with Gasteiger partial charge in [0.05, 0.1) is 0 Å². The molecule has 0 saturated carbocycles. The zero-order chi connectivity index (χ0) is 10.9. The van der Waals surface area contributed by atoms with Gasteiger partial charge >= 0.3 is 0 Å². The van der Waals surface area contributed by atoms with Crippen LogP contribution in [0.3, 0.4) is 0 Å². The van der Waals surface area contributed by atoms with Crippen LogP contribution in [0.1, 0.15) is 38.2 Å². The molecule has 15 heavy (non-hydrogen) atoms. The van der Waals surface area contributed by atoms with Crippen LogP contribution >= 0.6 is 11.9 Å². The van der Waals surface area contributed by atoms with E-state index in [0.29, 0.717) is 0 Å². The summed E-state index contributed by atoms with van der Waals surface area (Å²) in [6.07, 6.45) is 5.30. The third-order valence-corrected chi connectivity index (χ3v) is 3.20. The van der Waals surface area contributed by atoms with Crippen molar-refractivity contribution in [3.63, 3.8) is 0 Å². The molecule has 0 unspecified atom stereocenters. The predicted molar refractivity (Wildman–Crippen MR) is 69.2 cm³/mol. The lowest BCUT2D eigenvalue weighted by molar-refractivity contribution is 0.662. The lowest BCUT2D eigenvalue weighted by atomic mass is 10.2. The minimum Gasteiger partial charge on any atom is -0.260 e. The Hall–Kier alpha value is -0.470. The fraction of sp³-hybridized carbons (Fsp3) is 0.538. The van der Waals surface area contributed by atoms with Crippen molar-refractivity contribution in [3.05, 3.63) is 29.8 Å². The first-order valence-corrected chi connectivity index (χ1v) is 6.61. The average Bonchev–Trinajstić information content (AvgIpc) is 2.26. The summed E-state index contributed by atoms with van der Waals surface area (Å²) in [5, 5.41) is 0. The molecule has 0 radical (unpaired) electrons. The summed E-state index contributed by atoms with van der Waals surface area (Å²) in [4.78, 5) is 1.30. The number of nitrogens with one attached hydrogen (secondary N) is 1. The standard InChI is InChI=1S/C13H21NS/c1-3-4-5-6-11-14-15-13-9-7-12(2)8-10-13/h7-10,14H,3-6,11H2,1-2H3. The molecule has 84 valence electrons. The molecule has 1 aromatic rings. The molecular formula is C13H21NS. The average molecular weight is 223 g/mol. The molecule has 0 fully saturated rings. The number of hydrogen-bond acceptors (Lipinski definition) is 2. The molecule has 2 heteroatoms. The molecule has 1 aromatic carbocycles. The van der Waals surface area contributed by atoms with Crippen LogP contribution in [0.4, 0.5) is 0 Å². The monoisotopic (exact) mass is 223 g/mol. The minimum atomic E-state index is 1.11. The molecule has 0 heterocycles. The predicted octanol–water partition coefficient (Wildman–Crippen LogP) is 4.17. The summed E-state index contributed by atoms with van der Waals surface area (Å²) < 4.78 is 3.40. The first-order chi connectivity index (χ1) is 7.33. The topological polar surface area (TPSA) is 12.0 Å². The van der Waals surface area contributed by atoms with E-state index in [0.717, 1.165) is 6.54 Å². The van der Waals surface area contributed by atoms with Crippen LogP contribution in [-0.4, -0.2) is 6.54 Å². The molecule has 0 aromatic heterocycles. The highest BCUT2D eigenvalue weighted by atomic mass is 32.2. The van der Waals surface area contributed by atoms with Crippen LogP contribution in [0.2, 0.25) is 0 Å². The van der Waals surface area contributed by atoms with Gasteiger partial charge in [-0.05, 0) is 37.4 Å². The second-order valence-electron chi connectivity index (χ2n) is 3.87. The second kappa shape index (κ2) is 7.77. The Morgan fingerprint density at radius 2 is 1.80 bits per heavy atom. The summed E-state index contributed by atoms with van der Waals surface area (Å²) in [7, 11) is 0. The van der Waals surface area contributed by atoms with Crippen molar-refractivity contribution in [2.24, 2.45) is 0 Å². The Bertz CT molecular complexity index is 256. The summed E-state index contributed by atoms with van der Waals surface area (Å²) in [6, 6.07) is 8.64. The zero-order valence-electron chi connectivity index (χ0n) is 9.75. The van der Waals surface area contributed by atoms with Crippen molar-refractivity contribution in [2.45, 2.75) is 44.4 Å². The van der Waals surface area contributed by atoms with Crippen LogP contribution in [0, 0.1) is 6.92 Å². The van der Waals surface area contributed by atoms with Crippen molar-refractivity contribution in [2.75, 3.05) is 6.54 Å². The molecule has 1 rings (SSSR count). The second-order valence-corrected chi connectivity index (χ2v) is 4.83. The SMILES string of the molecule is CCCCCCNSc1ccc(C)cc1. The number of benzene rings is 1. The lowest BCUT2D eigenvalue weighted by Crippen LogP contribution is -2.04. The molecule has 0 atom stereocenters. The molecular weight excluding hydrogens is 202 g/mol. The van der Waals surface area contributed by atoms with Crippen LogP contribution in [-0.2, 0) is 0 Å². The summed E-state index contributed by atoms with van der Waals surface area (Å²) in [5.41, 5.74) is 1.32. The number of aryl methyl sites for hydroxylation is 1. The summed E-state index contributed by atoms with van der Waals surface area (Å²) in [5.74, 6) is 0. The number of unbranched alkanes of at least 4 members (excludes halogenated alkanes) is 3. The Morgan fingerprint density at radius 1 is 1.07 bits per heavy atom. The van der Waals surface area contributed by atoms with Crippen LogP contribution in [0.15, 0.2) is 29.2 Å². The van der Waals surface area contributed by atoms with E-state index in [2.05, 4.69) is 42.8 Å². The maximum Gasteiger partial charge on any atom is 0.0228 e. The van der Waals surface area contributed by atoms with E-state index in [1.165, 1.54) is 36.1 Å². The maximum absolute atomic E-state index is 3.40. The Labute approximate surface area is 97.8 Å². The van der Waals surface area contributed by atoms with Gasteiger partial charge in [-0.15, -0.1) is 0 Å². The molecule has 0 bridgehead atoms. The number of rotatable bonds is 7. The van der Waals surface area contributed by atoms with Gasteiger partial charge in [-0.2, -0.15) is 0 Å². The molecule has 0 aliphatic rings. The Balaban J connectivity index is 2.07. The van der Waals surface area contributed by atoms with Crippen LogP contribution in [0.5, 0.6) is 0 Å². The van der Waals surface area contributed by atoms with Crippen molar-refractivity contribution < 1.29 is 0 Å². The zero-order valence-corrected chi connectivity index (χ0v) is 10.6. The molecule has 1 N–H and O–H groups in total. The van der Waals surface area contributed by atoms with E-state index in [1.54, 1.807) is 11.9 Å². The van der Waals surface area contributed by atoms with Crippen LogP contribution < -0.4 is 4.72 Å². The first-order valence-electron chi connectivity index (χ1n) is 5.79. The van der Waals surface area contributed by atoms with Gasteiger partial charge in [0.2, 0.25) is 0 Å². The van der Waals surface area contributed by atoms with E-state index in [9.17, 15) is 0 Å². The van der Waals surface area contributed by atoms with E-state index >= 15 is 0 Å². The molecule has 0 aliphatic heterocycles. The van der Waals surface area contributed by atoms with E-state index in [-0.39, 0.29) is 0 Å². The van der Waals surface area contributed by atoms with Crippen molar-refractivity contribution >= 4 is 11.9 Å². The minimum absolute atomic E-state index is 1.11. The van der Waals surface area contributed by atoms with E-state index in [1.807, 2.05) is 0 Å². The summed E-state index contributed by atoms with van der Waals surface area (Å²) in [6.45, 7) is 5.47. The molecule has 0 spiro atoms. The lowest BCUT2D eigenvalue weighted by Gasteiger charge is -2.03. The van der Waals surface area contributed by atoms with E-state index < -0.39 is 0 Å². The van der Waals surface area contributed by atoms with Gasteiger partial charge in [0.15, 0.2) is 0 Å². The third-order valence-electron chi connectivity index (χ3n) is 2.34. The summed E-state index contributed by atoms with van der Waals surface area (Å²) >= 11 is 1.74. The van der Waals surface area contributed by atoms with E-state index in [4.69, 9.17) is 0 Å². The molecule has 0 aliphatic carbocycles. The highest BCUT2D eigenvalue weighted by Crippen LogP contribution is 2.14. The van der Waals surface area contributed by atoms with Gasteiger partial charge in [-0.1, -0.05) is 43.9 Å². The van der Waals surface area contributed by atoms with Gasteiger partial charge in [0, 0.05) is 11.4 Å². The Morgan fingerprint density at radius 3 is 2.47 bits per heavy atom. The molecule has 1 nitrogen and oxygen atoms in total. The largest absolute Gasteiger partial charge is 0.260 e. The first kappa shape index (κ1) is 12.6. The molecule has 0 amide bonds. The number of hydrogen-bond donors (Lipinski definition) is 1. The fourth-order valence-corrected chi connectivity index (χ4v) is 2.05. The third kappa shape index (κ3) is 5.85. The fourth-order valence-electron chi connectivity index (χ4n) is 1.36. The normalized spacial score (nSPS) is 10.5. The maximum atomic E-state index is 3.40. The molecule has 0 saturated heterocycles. The van der Waals surface area contributed by atoms with Gasteiger partial charge < -0.3 is 0 Å².